The molecule has 1 aromatic carbocycles. The number of benzene rings is 1. The van der Waals surface area contributed by atoms with Gasteiger partial charge in [-0.1, -0.05) is 6.07 Å². The molecule has 2 aromatic rings. The number of nitriles is 1. The molecule has 1 saturated carbocycles. The minimum atomic E-state index is 0.616. The van der Waals surface area contributed by atoms with Gasteiger partial charge in [-0.05, 0) is 43.0 Å². The zero-order chi connectivity index (χ0) is 15.1. The molecule has 110 valence electrons. The molecule has 0 bridgehead atoms. The van der Waals surface area contributed by atoms with Crippen molar-refractivity contribution in [3.63, 3.8) is 0 Å². The van der Waals surface area contributed by atoms with E-state index in [4.69, 9.17) is 0 Å². The molecule has 4 nitrogen and oxygen atoms in total. The molecule has 0 atom stereocenters. The maximum absolute atomic E-state index is 9.26. The summed E-state index contributed by atoms with van der Waals surface area (Å²) in [7, 11) is 2.09. The van der Waals surface area contributed by atoms with Crippen LogP contribution < -0.4 is 8.61 Å². The van der Waals surface area contributed by atoms with Crippen LogP contribution in [0, 0.1) is 17.2 Å². The van der Waals surface area contributed by atoms with Crippen molar-refractivity contribution in [2.24, 2.45) is 5.92 Å². The first kappa shape index (κ1) is 13.5. The summed E-state index contributed by atoms with van der Waals surface area (Å²) in [5.74, 6) is 0.854. The Kier molecular flexibility index (Phi) is 3.20. The summed E-state index contributed by atoms with van der Waals surface area (Å²) in [6, 6.07) is 12.2. The van der Waals surface area contributed by atoms with Crippen LogP contribution in [0.25, 0.3) is 11.3 Å². The Hall–Kier alpha value is -2.19. The summed E-state index contributed by atoms with van der Waals surface area (Å²) in [5.41, 5.74) is 4.82. The van der Waals surface area contributed by atoms with Gasteiger partial charge in [0.1, 0.15) is 6.07 Å². The summed E-state index contributed by atoms with van der Waals surface area (Å²) in [6.45, 7) is 1.12. The summed E-state index contributed by atoms with van der Waals surface area (Å²) < 4.78 is 4.57. The van der Waals surface area contributed by atoms with E-state index in [2.05, 4.69) is 44.9 Å². The molecule has 0 saturated heterocycles. The highest BCUT2D eigenvalue weighted by atomic mass is 32.2. The van der Waals surface area contributed by atoms with Gasteiger partial charge in [0.25, 0.3) is 0 Å². The Labute approximate surface area is 134 Å². The van der Waals surface area contributed by atoms with E-state index >= 15 is 0 Å². The summed E-state index contributed by atoms with van der Waals surface area (Å²) in [4.78, 5) is 4.39. The van der Waals surface area contributed by atoms with Crippen molar-refractivity contribution in [3.8, 4) is 17.3 Å². The average Bonchev–Trinajstić information content (AvgIpc) is 3.32. The third-order valence-corrected chi connectivity index (χ3v) is 5.11. The van der Waals surface area contributed by atoms with Crippen LogP contribution in [0.4, 0.5) is 11.4 Å². The van der Waals surface area contributed by atoms with Crippen LogP contribution in [0.1, 0.15) is 18.4 Å². The number of pyridine rings is 1. The van der Waals surface area contributed by atoms with Crippen LogP contribution in [0.3, 0.4) is 0 Å². The SMILES string of the molecule is CN1SN(CC2CC2)c2ccc(-c3ncccc3C#N)cc21. The van der Waals surface area contributed by atoms with Crippen molar-refractivity contribution in [3.05, 3.63) is 42.1 Å². The second kappa shape index (κ2) is 5.22. The predicted octanol–water partition coefficient (Wildman–Crippen LogP) is 3.85. The second-order valence-electron chi connectivity index (χ2n) is 5.80. The fraction of sp³-hybridized carbons (Fsp3) is 0.294. The van der Waals surface area contributed by atoms with Gasteiger partial charge in [0, 0.05) is 25.4 Å². The zero-order valence-electron chi connectivity index (χ0n) is 12.4. The molecule has 4 rings (SSSR count). The van der Waals surface area contributed by atoms with Crippen molar-refractivity contribution in [1.82, 2.24) is 4.98 Å². The van der Waals surface area contributed by atoms with Gasteiger partial charge in [-0.25, -0.2) is 0 Å². The lowest BCUT2D eigenvalue weighted by molar-refractivity contribution is 0.852. The van der Waals surface area contributed by atoms with Gasteiger partial charge in [0.2, 0.25) is 0 Å². The smallest absolute Gasteiger partial charge is 0.101 e. The third-order valence-electron chi connectivity index (χ3n) is 4.13. The highest BCUT2D eigenvalue weighted by molar-refractivity contribution is 8.02. The molecule has 22 heavy (non-hydrogen) atoms. The lowest BCUT2D eigenvalue weighted by Gasteiger charge is -2.16. The van der Waals surface area contributed by atoms with Crippen molar-refractivity contribution < 1.29 is 0 Å². The number of anilines is 2. The van der Waals surface area contributed by atoms with E-state index in [9.17, 15) is 5.26 Å². The standard InChI is InChI=1S/C17H16N4S/c1-20-16-9-13(17-14(10-18)3-2-8-19-17)6-7-15(16)21(22-20)11-12-4-5-12/h2-3,6-9,12H,4-5,11H2,1H3. The minimum Gasteiger partial charge on any atom is -0.300 e. The van der Waals surface area contributed by atoms with Crippen LogP contribution >= 0.6 is 12.1 Å². The molecule has 5 heteroatoms. The number of hydrogen-bond acceptors (Lipinski definition) is 5. The molecule has 2 aliphatic rings. The molecule has 0 unspecified atom stereocenters. The first-order valence-corrected chi connectivity index (χ1v) is 8.18. The third kappa shape index (κ3) is 2.30. The first-order chi connectivity index (χ1) is 10.8. The van der Waals surface area contributed by atoms with E-state index in [0.717, 1.165) is 23.7 Å². The zero-order valence-corrected chi connectivity index (χ0v) is 13.2. The van der Waals surface area contributed by atoms with Crippen molar-refractivity contribution >= 4 is 23.5 Å². The molecule has 1 fully saturated rings. The van der Waals surface area contributed by atoms with Crippen molar-refractivity contribution in [1.29, 1.82) is 5.26 Å². The summed E-state index contributed by atoms with van der Waals surface area (Å²) in [5, 5.41) is 9.26. The Balaban J connectivity index is 1.72. The number of rotatable bonds is 3. The Morgan fingerprint density at radius 2 is 2.18 bits per heavy atom. The van der Waals surface area contributed by atoms with E-state index in [1.807, 2.05) is 6.07 Å². The molecule has 0 radical (unpaired) electrons. The summed E-state index contributed by atoms with van der Waals surface area (Å²) >= 11 is 1.76. The lowest BCUT2D eigenvalue weighted by Crippen LogP contribution is -2.16. The topological polar surface area (TPSA) is 43.2 Å². The highest BCUT2D eigenvalue weighted by Gasteiger charge is 2.31. The van der Waals surface area contributed by atoms with E-state index in [1.54, 1.807) is 24.4 Å². The Morgan fingerprint density at radius 3 is 2.95 bits per heavy atom. The molecular weight excluding hydrogens is 292 g/mol. The molecule has 1 aliphatic carbocycles. The van der Waals surface area contributed by atoms with Gasteiger partial charge in [-0.15, -0.1) is 0 Å². The largest absolute Gasteiger partial charge is 0.300 e. The van der Waals surface area contributed by atoms with Gasteiger partial charge < -0.3 is 0 Å². The quantitative estimate of drug-likeness (QED) is 0.806. The van der Waals surface area contributed by atoms with Crippen LogP contribution in [0.2, 0.25) is 0 Å². The number of fused-ring (bicyclic) bond motifs is 1. The lowest BCUT2D eigenvalue weighted by atomic mass is 10.0. The van der Waals surface area contributed by atoms with Gasteiger partial charge in [-0.3, -0.25) is 13.6 Å². The summed E-state index contributed by atoms with van der Waals surface area (Å²) in [6.07, 6.45) is 4.45. The molecule has 2 heterocycles. The van der Waals surface area contributed by atoms with Crippen molar-refractivity contribution in [2.75, 3.05) is 22.2 Å². The molecule has 0 N–H and O–H groups in total. The maximum Gasteiger partial charge on any atom is 0.101 e. The first-order valence-electron chi connectivity index (χ1n) is 7.45. The van der Waals surface area contributed by atoms with E-state index in [1.165, 1.54) is 24.2 Å². The Morgan fingerprint density at radius 1 is 1.32 bits per heavy atom. The van der Waals surface area contributed by atoms with Crippen LogP contribution in [0.15, 0.2) is 36.5 Å². The number of hydrogen-bond donors (Lipinski definition) is 0. The Bertz CT molecular complexity index is 763. The monoisotopic (exact) mass is 308 g/mol. The molecule has 1 aliphatic heterocycles. The second-order valence-corrected chi connectivity index (χ2v) is 6.95. The van der Waals surface area contributed by atoms with Crippen LogP contribution in [-0.2, 0) is 0 Å². The van der Waals surface area contributed by atoms with Gasteiger partial charge in [-0.2, -0.15) is 5.26 Å². The maximum atomic E-state index is 9.26. The van der Waals surface area contributed by atoms with E-state index < -0.39 is 0 Å². The van der Waals surface area contributed by atoms with Crippen LogP contribution in [-0.4, -0.2) is 18.6 Å². The molecular formula is C17H16N4S. The average molecular weight is 308 g/mol. The van der Waals surface area contributed by atoms with Gasteiger partial charge in [0.15, 0.2) is 0 Å². The van der Waals surface area contributed by atoms with Gasteiger partial charge in [0.05, 0.1) is 34.8 Å². The highest BCUT2D eigenvalue weighted by Crippen LogP contribution is 2.47. The normalized spacial score (nSPS) is 16.5. The van der Waals surface area contributed by atoms with Crippen LogP contribution in [0.5, 0.6) is 0 Å². The predicted molar refractivity (Wildman–Crippen MR) is 90.5 cm³/mol. The fourth-order valence-electron chi connectivity index (χ4n) is 2.76. The molecule has 0 amide bonds. The molecule has 1 aromatic heterocycles. The number of aromatic nitrogens is 1. The molecule has 0 spiro atoms. The number of nitrogens with zero attached hydrogens (tertiary/aromatic N) is 4. The van der Waals surface area contributed by atoms with Crippen molar-refractivity contribution in [2.45, 2.75) is 12.8 Å². The van der Waals surface area contributed by atoms with E-state index in [0.29, 0.717) is 5.56 Å². The van der Waals surface area contributed by atoms with Gasteiger partial charge >= 0.3 is 0 Å². The fourth-order valence-corrected chi connectivity index (χ4v) is 3.81. The van der Waals surface area contributed by atoms with E-state index in [-0.39, 0.29) is 0 Å². The minimum absolute atomic E-state index is 0.616.